The normalized spacial score (nSPS) is 12.0. The van der Waals surface area contributed by atoms with Gasteiger partial charge in [0, 0.05) is 0 Å². The molecule has 0 radical (unpaired) electrons. The number of hydrogen-bond acceptors (Lipinski definition) is 5. The summed E-state index contributed by atoms with van der Waals surface area (Å²) in [6.45, 7) is 3.36. The first-order valence-electron chi connectivity index (χ1n) is 6.98. The molecule has 0 heterocycles. The first kappa shape index (κ1) is 21.3. The van der Waals surface area contributed by atoms with E-state index in [1.165, 1.54) is 12.1 Å². The van der Waals surface area contributed by atoms with Crippen molar-refractivity contribution < 1.29 is 25.1 Å². The van der Waals surface area contributed by atoms with Crippen LogP contribution in [0.4, 0.5) is 0 Å². The molecule has 0 aliphatic rings. The van der Waals surface area contributed by atoms with Crippen LogP contribution in [-0.2, 0) is 12.9 Å². The number of carbonyl (C=O) groups excluding carboxylic acids is 2. The second-order valence-corrected chi connectivity index (χ2v) is 11.9. The van der Waals surface area contributed by atoms with E-state index in [1.54, 1.807) is 38.1 Å². The summed E-state index contributed by atoms with van der Waals surface area (Å²) in [5.74, 6) is 0. The van der Waals surface area contributed by atoms with Crippen molar-refractivity contribution in [1.29, 1.82) is 0 Å². The van der Waals surface area contributed by atoms with E-state index >= 15 is 0 Å². The number of benzene rings is 2. The van der Waals surface area contributed by atoms with Crippen LogP contribution in [0.2, 0.25) is 0 Å². The molecule has 0 fully saturated rings. The van der Waals surface area contributed by atoms with Gasteiger partial charge < -0.3 is 0 Å². The third kappa shape index (κ3) is 5.24. The number of carbonyl (C=O) groups is 2. The topological polar surface area (TPSA) is 97.7 Å². The van der Waals surface area contributed by atoms with E-state index in [-0.39, 0.29) is 11.1 Å². The van der Waals surface area contributed by atoms with Crippen LogP contribution < -0.4 is 0 Å². The molecular formula is C16H13Cl2IO6S. The Morgan fingerprint density at radius 3 is 1.62 bits per heavy atom. The summed E-state index contributed by atoms with van der Waals surface area (Å²) in [4.78, 5) is 23.1. The number of rotatable bonds is 6. The Balaban J connectivity index is 2.66. The Kier molecular flexibility index (Phi) is 6.81. The van der Waals surface area contributed by atoms with Gasteiger partial charge in [0.25, 0.3) is 0 Å². The van der Waals surface area contributed by atoms with Gasteiger partial charge >= 0.3 is 169 Å². The summed E-state index contributed by atoms with van der Waals surface area (Å²) in [5, 5.41) is -1.40. The quantitative estimate of drug-likeness (QED) is 0.339. The van der Waals surface area contributed by atoms with E-state index in [0.717, 1.165) is 0 Å². The maximum atomic E-state index is 11.6. The van der Waals surface area contributed by atoms with E-state index in [1.807, 2.05) is 0 Å². The van der Waals surface area contributed by atoms with Crippen molar-refractivity contribution in [3.8, 4) is 0 Å². The van der Waals surface area contributed by atoms with Crippen LogP contribution in [0.25, 0.3) is 0 Å². The molecule has 0 unspecified atom stereocenters. The fourth-order valence-corrected chi connectivity index (χ4v) is 8.34. The van der Waals surface area contributed by atoms with Gasteiger partial charge in [0.1, 0.15) is 0 Å². The third-order valence-corrected chi connectivity index (χ3v) is 10.1. The summed E-state index contributed by atoms with van der Waals surface area (Å²) < 4.78 is 37.6. The van der Waals surface area contributed by atoms with Crippen molar-refractivity contribution in [3.63, 3.8) is 0 Å². The minimum absolute atomic E-state index is 0.200. The van der Waals surface area contributed by atoms with E-state index < -0.39 is 41.1 Å². The number of aryl methyl sites for hydroxylation is 2. The van der Waals surface area contributed by atoms with Gasteiger partial charge in [-0.2, -0.15) is 0 Å². The van der Waals surface area contributed by atoms with E-state index in [0.29, 0.717) is 18.3 Å². The Hall–Kier alpha value is -1.04. The SMILES string of the molecule is Cc1ccc(I(OS(=O)(=O)O)c2ccc(C)c(C(=O)Cl)c2)cc1C(=O)Cl. The number of hydrogen-bond donors (Lipinski definition) is 1. The van der Waals surface area contributed by atoms with Crippen molar-refractivity contribution in [1.82, 2.24) is 0 Å². The summed E-state index contributed by atoms with van der Waals surface area (Å²) in [7, 11) is -4.77. The van der Waals surface area contributed by atoms with Crippen LogP contribution >= 0.6 is 43.4 Å². The molecule has 0 atom stereocenters. The summed E-state index contributed by atoms with van der Waals surface area (Å²) in [6.07, 6.45) is 0. The van der Waals surface area contributed by atoms with Gasteiger partial charge in [0.05, 0.1) is 0 Å². The Morgan fingerprint density at radius 2 is 1.31 bits per heavy atom. The summed E-state index contributed by atoms with van der Waals surface area (Å²) in [6, 6.07) is 9.26. The molecule has 10 heteroatoms. The zero-order chi connectivity index (χ0) is 19.6. The third-order valence-electron chi connectivity index (χ3n) is 3.36. The van der Waals surface area contributed by atoms with Gasteiger partial charge in [0.15, 0.2) is 0 Å². The molecular weight excluding hydrogens is 518 g/mol. The average molecular weight is 531 g/mol. The summed E-state index contributed by atoms with van der Waals surface area (Å²) in [5.41, 5.74) is 1.62. The zero-order valence-corrected chi connectivity index (χ0v) is 18.0. The van der Waals surface area contributed by atoms with Gasteiger partial charge in [-0.1, -0.05) is 0 Å². The molecule has 0 amide bonds. The maximum absolute atomic E-state index is 11.6. The average Bonchev–Trinajstić information content (AvgIpc) is 2.52. The molecule has 0 aromatic heterocycles. The first-order chi connectivity index (χ1) is 12.0. The molecule has 1 N–H and O–H groups in total. The zero-order valence-electron chi connectivity index (χ0n) is 13.5. The molecule has 0 saturated carbocycles. The predicted molar refractivity (Wildman–Crippen MR) is 107 cm³/mol. The molecule has 2 aromatic rings. The molecule has 140 valence electrons. The molecule has 0 bridgehead atoms. The Bertz CT molecular complexity index is 927. The van der Waals surface area contributed by atoms with E-state index in [9.17, 15) is 22.6 Å². The van der Waals surface area contributed by atoms with Gasteiger partial charge in [-0.05, 0) is 0 Å². The fourth-order valence-electron chi connectivity index (χ4n) is 2.10. The van der Waals surface area contributed by atoms with Gasteiger partial charge in [0.2, 0.25) is 0 Å². The van der Waals surface area contributed by atoms with E-state index in [4.69, 9.17) is 25.7 Å². The van der Waals surface area contributed by atoms with Crippen LogP contribution in [0.3, 0.4) is 0 Å². The molecule has 2 rings (SSSR count). The van der Waals surface area contributed by atoms with Crippen molar-refractivity contribution in [2.75, 3.05) is 0 Å². The minimum atomic E-state index is -4.77. The molecule has 26 heavy (non-hydrogen) atoms. The predicted octanol–water partition coefficient (Wildman–Crippen LogP) is 4.34. The van der Waals surface area contributed by atoms with Gasteiger partial charge in [-0.15, -0.1) is 0 Å². The molecule has 0 aliphatic heterocycles. The monoisotopic (exact) mass is 530 g/mol. The Morgan fingerprint density at radius 1 is 0.923 bits per heavy atom. The standard InChI is InChI=1S/C16H13Cl2IO6S/c1-9-3-5-11(7-13(9)15(17)20)19(25-26(22,23)24)12-6-4-10(2)14(8-12)16(18)21/h3-8H,1-2H3,(H,22,23,24). The van der Waals surface area contributed by atoms with E-state index in [2.05, 4.69) is 0 Å². The van der Waals surface area contributed by atoms with Crippen molar-refractivity contribution in [2.24, 2.45) is 0 Å². The Labute approximate surface area is 168 Å². The van der Waals surface area contributed by atoms with Crippen molar-refractivity contribution in [2.45, 2.75) is 13.8 Å². The fraction of sp³-hybridized carbons (Fsp3) is 0.125. The van der Waals surface area contributed by atoms with Crippen LogP contribution in [0.1, 0.15) is 31.8 Å². The molecule has 0 aliphatic carbocycles. The van der Waals surface area contributed by atoms with Crippen LogP contribution in [0.5, 0.6) is 0 Å². The van der Waals surface area contributed by atoms with Crippen LogP contribution in [0, 0.1) is 21.0 Å². The molecule has 6 nitrogen and oxygen atoms in total. The molecule has 0 saturated heterocycles. The molecule has 2 aromatic carbocycles. The first-order valence-corrected chi connectivity index (χ1v) is 12.1. The van der Waals surface area contributed by atoms with Gasteiger partial charge in [-0.3, -0.25) is 0 Å². The number of halogens is 3. The van der Waals surface area contributed by atoms with Gasteiger partial charge in [-0.25, -0.2) is 0 Å². The van der Waals surface area contributed by atoms with Crippen molar-refractivity contribution >= 4 is 64.3 Å². The van der Waals surface area contributed by atoms with Crippen LogP contribution in [0.15, 0.2) is 36.4 Å². The second kappa shape index (κ2) is 8.32. The summed E-state index contributed by atoms with van der Waals surface area (Å²) >= 11 is 7.89. The van der Waals surface area contributed by atoms with Crippen molar-refractivity contribution in [3.05, 3.63) is 65.8 Å². The van der Waals surface area contributed by atoms with Crippen LogP contribution in [-0.4, -0.2) is 23.5 Å². The molecule has 0 spiro atoms. The second-order valence-electron chi connectivity index (χ2n) is 5.21.